The number of hydrogen-bond donors (Lipinski definition) is 2. The first-order chi connectivity index (χ1) is 13.8. The molecule has 3 amide bonds. The third kappa shape index (κ3) is 5.22. The molecule has 0 bridgehead atoms. The minimum absolute atomic E-state index is 0.0297. The number of fused-ring (bicyclic) bond motifs is 1. The largest absolute Gasteiger partial charge is 0.464 e. The minimum Gasteiger partial charge on any atom is -0.464 e. The summed E-state index contributed by atoms with van der Waals surface area (Å²) in [5.74, 6) is -1.30. The van der Waals surface area contributed by atoms with Gasteiger partial charge >= 0.3 is 12.0 Å². The SMILES string of the molecule is Cc1ccc(NC(=O)NC(=O)COC(=O)Cc2coc3cc(C)ccc23)c(C)c1. The van der Waals surface area contributed by atoms with Gasteiger partial charge in [-0.15, -0.1) is 0 Å². The number of benzene rings is 2. The smallest absolute Gasteiger partial charge is 0.325 e. The van der Waals surface area contributed by atoms with Crippen molar-refractivity contribution in [1.82, 2.24) is 5.32 Å². The molecule has 3 rings (SSSR count). The maximum atomic E-state index is 12.0. The second-order valence-electron chi connectivity index (χ2n) is 6.92. The minimum atomic E-state index is -0.715. The van der Waals surface area contributed by atoms with E-state index in [-0.39, 0.29) is 6.42 Å². The van der Waals surface area contributed by atoms with Crippen molar-refractivity contribution in [2.45, 2.75) is 27.2 Å². The first-order valence-electron chi connectivity index (χ1n) is 9.12. The summed E-state index contributed by atoms with van der Waals surface area (Å²) in [7, 11) is 0. The first-order valence-corrected chi connectivity index (χ1v) is 9.12. The van der Waals surface area contributed by atoms with Gasteiger partial charge in [0, 0.05) is 16.6 Å². The molecule has 0 atom stereocenters. The summed E-state index contributed by atoms with van der Waals surface area (Å²) in [6, 6.07) is 10.5. The lowest BCUT2D eigenvalue weighted by Gasteiger charge is -2.10. The number of ether oxygens (including phenoxy) is 1. The Morgan fingerprint density at radius 2 is 1.72 bits per heavy atom. The van der Waals surface area contributed by atoms with Crippen LogP contribution in [-0.2, 0) is 20.7 Å². The molecule has 0 radical (unpaired) electrons. The summed E-state index contributed by atoms with van der Waals surface area (Å²) in [6.45, 7) is 5.20. The van der Waals surface area contributed by atoms with Crippen LogP contribution >= 0.6 is 0 Å². The van der Waals surface area contributed by atoms with E-state index in [0.717, 1.165) is 22.1 Å². The van der Waals surface area contributed by atoms with Crippen LogP contribution in [0.3, 0.4) is 0 Å². The highest BCUT2D eigenvalue weighted by molar-refractivity contribution is 6.02. The summed E-state index contributed by atoms with van der Waals surface area (Å²) >= 11 is 0. The van der Waals surface area contributed by atoms with Gasteiger partial charge in [-0.05, 0) is 44.0 Å². The van der Waals surface area contributed by atoms with E-state index in [1.54, 1.807) is 6.07 Å². The molecule has 0 fully saturated rings. The van der Waals surface area contributed by atoms with Gasteiger partial charge in [0.05, 0.1) is 12.7 Å². The lowest BCUT2D eigenvalue weighted by atomic mass is 10.1. The van der Waals surface area contributed by atoms with Gasteiger partial charge in [-0.25, -0.2) is 4.79 Å². The molecule has 1 aromatic heterocycles. The second kappa shape index (κ2) is 8.60. The molecule has 7 nitrogen and oxygen atoms in total. The number of nitrogens with one attached hydrogen (secondary N) is 2. The number of hydrogen-bond acceptors (Lipinski definition) is 5. The van der Waals surface area contributed by atoms with Gasteiger partial charge in [0.2, 0.25) is 0 Å². The molecule has 3 aromatic rings. The van der Waals surface area contributed by atoms with Gasteiger partial charge in [0.1, 0.15) is 5.58 Å². The van der Waals surface area contributed by atoms with Crippen molar-refractivity contribution in [1.29, 1.82) is 0 Å². The fourth-order valence-corrected chi connectivity index (χ4v) is 2.95. The van der Waals surface area contributed by atoms with Crippen LogP contribution in [-0.4, -0.2) is 24.5 Å². The molecule has 2 aromatic carbocycles. The first kappa shape index (κ1) is 20.1. The third-order valence-corrected chi connectivity index (χ3v) is 4.39. The fraction of sp³-hybridized carbons (Fsp3) is 0.227. The summed E-state index contributed by atoms with van der Waals surface area (Å²) in [5.41, 5.74) is 4.96. The highest BCUT2D eigenvalue weighted by Gasteiger charge is 2.15. The highest BCUT2D eigenvalue weighted by atomic mass is 16.5. The molecule has 150 valence electrons. The maximum absolute atomic E-state index is 12.0. The van der Waals surface area contributed by atoms with Gasteiger partial charge in [-0.2, -0.15) is 0 Å². The molecule has 0 saturated carbocycles. The molecule has 1 heterocycles. The molecule has 2 N–H and O–H groups in total. The second-order valence-corrected chi connectivity index (χ2v) is 6.92. The van der Waals surface area contributed by atoms with Gasteiger partial charge in [-0.1, -0.05) is 29.8 Å². The standard InChI is InChI=1S/C22H22N2O5/c1-13-5-7-18(15(3)8-13)23-22(27)24-20(25)12-29-21(26)10-16-11-28-19-9-14(2)4-6-17(16)19/h4-9,11H,10,12H2,1-3H3,(H2,23,24,25,27). The van der Waals surface area contributed by atoms with Gasteiger partial charge < -0.3 is 14.5 Å². The normalized spacial score (nSPS) is 10.6. The van der Waals surface area contributed by atoms with Crippen molar-refractivity contribution in [3.8, 4) is 0 Å². The van der Waals surface area contributed by atoms with Crippen molar-refractivity contribution in [3.05, 3.63) is 64.9 Å². The Balaban J connectivity index is 1.48. The molecule has 7 heteroatoms. The highest BCUT2D eigenvalue weighted by Crippen LogP contribution is 2.23. The number of esters is 1. The van der Waals surface area contributed by atoms with Gasteiger partial charge in [0.25, 0.3) is 5.91 Å². The molecule has 0 aliphatic heterocycles. The number of carbonyl (C=O) groups is 3. The number of amides is 3. The van der Waals surface area contributed by atoms with Crippen LogP contribution in [0.5, 0.6) is 0 Å². The third-order valence-electron chi connectivity index (χ3n) is 4.39. The van der Waals surface area contributed by atoms with E-state index in [2.05, 4.69) is 10.6 Å². The number of carbonyl (C=O) groups excluding carboxylic acids is 3. The van der Waals surface area contributed by atoms with Crippen LogP contribution in [0.25, 0.3) is 11.0 Å². The van der Waals surface area contributed by atoms with Crippen molar-refractivity contribution < 1.29 is 23.5 Å². The molecule has 29 heavy (non-hydrogen) atoms. The maximum Gasteiger partial charge on any atom is 0.325 e. The van der Waals surface area contributed by atoms with Gasteiger partial charge in [-0.3, -0.25) is 14.9 Å². The zero-order valence-electron chi connectivity index (χ0n) is 16.5. The van der Waals surface area contributed by atoms with E-state index < -0.39 is 24.5 Å². The van der Waals surface area contributed by atoms with Gasteiger partial charge in [0.15, 0.2) is 6.61 Å². The molecule has 0 spiro atoms. The Labute approximate surface area is 168 Å². The Morgan fingerprint density at radius 1 is 1.00 bits per heavy atom. The number of rotatable bonds is 5. The summed E-state index contributed by atoms with van der Waals surface area (Å²) < 4.78 is 10.4. The van der Waals surface area contributed by atoms with Crippen LogP contribution in [0, 0.1) is 20.8 Å². The van der Waals surface area contributed by atoms with E-state index in [1.165, 1.54) is 6.26 Å². The molecule has 0 saturated heterocycles. The lowest BCUT2D eigenvalue weighted by molar-refractivity contribution is -0.147. The zero-order valence-corrected chi connectivity index (χ0v) is 16.5. The Bertz CT molecular complexity index is 1080. The Morgan fingerprint density at radius 3 is 2.48 bits per heavy atom. The van der Waals surface area contributed by atoms with Crippen molar-refractivity contribution >= 4 is 34.6 Å². The van der Waals surface area contributed by atoms with E-state index in [4.69, 9.17) is 9.15 Å². The average Bonchev–Trinajstić information content (AvgIpc) is 3.04. The molecular weight excluding hydrogens is 372 g/mol. The van der Waals surface area contributed by atoms with E-state index in [9.17, 15) is 14.4 Å². The number of urea groups is 1. The summed E-state index contributed by atoms with van der Waals surface area (Å²) in [4.78, 5) is 35.8. The van der Waals surface area contributed by atoms with E-state index in [1.807, 2.05) is 51.1 Å². The number of imide groups is 1. The number of aryl methyl sites for hydroxylation is 3. The van der Waals surface area contributed by atoms with E-state index in [0.29, 0.717) is 16.8 Å². The topological polar surface area (TPSA) is 97.6 Å². The van der Waals surface area contributed by atoms with Crippen LogP contribution in [0.15, 0.2) is 47.1 Å². The zero-order chi connectivity index (χ0) is 21.0. The Kier molecular flexibility index (Phi) is 5.97. The van der Waals surface area contributed by atoms with Crippen LogP contribution < -0.4 is 10.6 Å². The van der Waals surface area contributed by atoms with Crippen molar-refractivity contribution in [2.75, 3.05) is 11.9 Å². The fourth-order valence-electron chi connectivity index (χ4n) is 2.95. The lowest BCUT2D eigenvalue weighted by Crippen LogP contribution is -2.37. The van der Waals surface area contributed by atoms with Crippen LogP contribution in [0.4, 0.5) is 10.5 Å². The average molecular weight is 394 g/mol. The number of furan rings is 1. The predicted molar refractivity (Wildman–Crippen MR) is 109 cm³/mol. The Hall–Kier alpha value is -3.61. The summed E-state index contributed by atoms with van der Waals surface area (Å²) in [6.07, 6.45) is 1.47. The monoisotopic (exact) mass is 394 g/mol. The quantitative estimate of drug-likeness (QED) is 0.642. The van der Waals surface area contributed by atoms with E-state index >= 15 is 0 Å². The molecule has 0 aliphatic rings. The molecular formula is C22H22N2O5. The molecule has 0 aliphatic carbocycles. The van der Waals surface area contributed by atoms with Crippen LogP contribution in [0.2, 0.25) is 0 Å². The number of anilines is 1. The van der Waals surface area contributed by atoms with Crippen LogP contribution in [0.1, 0.15) is 22.3 Å². The van der Waals surface area contributed by atoms with Crippen molar-refractivity contribution in [3.63, 3.8) is 0 Å². The van der Waals surface area contributed by atoms with Crippen molar-refractivity contribution in [2.24, 2.45) is 0 Å². The predicted octanol–water partition coefficient (Wildman–Crippen LogP) is 3.79. The summed E-state index contributed by atoms with van der Waals surface area (Å²) in [5, 5.41) is 5.55. The molecule has 0 unspecified atom stereocenters.